The lowest BCUT2D eigenvalue weighted by Gasteiger charge is -2.08. The van der Waals surface area contributed by atoms with Gasteiger partial charge in [-0.1, -0.05) is 6.08 Å². The van der Waals surface area contributed by atoms with Crippen molar-refractivity contribution in [1.82, 2.24) is 0 Å². The largest absolute Gasteiger partial charge is 0.494 e. The van der Waals surface area contributed by atoms with E-state index in [0.29, 0.717) is 18.0 Å². The maximum Gasteiger partial charge on any atom is 0.275 e. The number of rotatable bonds is 8. The summed E-state index contributed by atoms with van der Waals surface area (Å²) in [6, 6.07) is 4.71. The van der Waals surface area contributed by atoms with Gasteiger partial charge in [-0.25, -0.2) is 0 Å². The van der Waals surface area contributed by atoms with Gasteiger partial charge in [-0.05, 0) is 19.8 Å². The van der Waals surface area contributed by atoms with Gasteiger partial charge < -0.3 is 10.1 Å². The molecule has 18 heavy (non-hydrogen) atoms. The van der Waals surface area contributed by atoms with Gasteiger partial charge in [-0.15, -0.1) is 6.58 Å². The smallest absolute Gasteiger partial charge is 0.275 e. The number of nitro groups is 1. The molecule has 0 heterocycles. The zero-order chi connectivity index (χ0) is 13.4. The molecule has 5 nitrogen and oxygen atoms in total. The average Bonchev–Trinajstić information content (AvgIpc) is 2.35. The number of nitrogens with zero attached hydrogens (tertiary/aromatic N) is 1. The first-order chi connectivity index (χ1) is 8.67. The Kier molecular flexibility index (Phi) is 5.70. The van der Waals surface area contributed by atoms with E-state index >= 15 is 0 Å². The van der Waals surface area contributed by atoms with E-state index in [1.54, 1.807) is 6.07 Å². The molecule has 1 aromatic carbocycles. The van der Waals surface area contributed by atoms with Gasteiger partial charge in [0, 0.05) is 24.4 Å². The number of anilines is 1. The summed E-state index contributed by atoms with van der Waals surface area (Å²) in [4.78, 5) is 10.4. The van der Waals surface area contributed by atoms with E-state index in [2.05, 4.69) is 11.9 Å². The zero-order valence-electron chi connectivity index (χ0n) is 10.5. The molecule has 0 atom stereocenters. The molecule has 1 N–H and O–H groups in total. The molecule has 0 radical (unpaired) electrons. The Morgan fingerprint density at radius 1 is 1.50 bits per heavy atom. The van der Waals surface area contributed by atoms with Crippen molar-refractivity contribution in [3.8, 4) is 5.75 Å². The van der Waals surface area contributed by atoms with Crippen LogP contribution in [0.2, 0.25) is 0 Å². The van der Waals surface area contributed by atoms with Crippen LogP contribution in [0.3, 0.4) is 0 Å². The molecule has 1 aromatic rings. The molecule has 0 amide bonds. The molecule has 0 saturated carbocycles. The summed E-state index contributed by atoms with van der Waals surface area (Å²) in [6.45, 7) is 6.72. The molecule has 0 spiro atoms. The number of allylic oxidation sites excluding steroid dienone is 1. The Balaban J connectivity index is 2.75. The molecule has 1 rings (SSSR count). The van der Waals surface area contributed by atoms with Crippen LogP contribution in [0.15, 0.2) is 30.9 Å². The number of nitro benzene ring substituents is 1. The minimum Gasteiger partial charge on any atom is -0.494 e. The van der Waals surface area contributed by atoms with Gasteiger partial charge in [0.15, 0.2) is 0 Å². The second kappa shape index (κ2) is 7.32. The maximum absolute atomic E-state index is 10.8. The van der Waals surface area contributed by atoms with E-state index in [1.807, 2.05) is 13.0 Å². The van der Waals surface area contributed by atoms with E-state index in [-0.39, 0.29) is 5.69 Å². The van der Waals surface area contributed by atoms with Crippen LogP contribution in [0, 0.1) is 10.1 Å². The molecule has 0 aromatic heterocycles. The van der Waals surface area contributed by atoms with Crippen molar-refractivity contribution in [2.45, 2.75) is 19.8 Å². The van der Waals surface area contributed by atoms with Crippen molar-refractivity contribution < 1.29 is 9.66 Å². The molecule has 0 unspecified atom stereocenters. The number of hydrogen-bond donors (Lipinski definition) is 1. The first-order valence-corrected chi connectivity index (χ1v) is 5.94. The third kappa shape index (κ3) is 4.45. The highest BCUT2D eigenvalue weighted by Gasteiger charge is 2.10. The second-order valence-corrected chi connectivity index (χ2v) is 3.76. The summed E-state index contributed by atoms with van der Waals surface area (Å²) in [7, 11) is 0. The van der Waals surface area contributed by atoms with Crippen LogP contribution in [-0.4, -0.2) is 18.1 Å². The van der Waals surface area contributed by atoms with Crippen LogP contribution in [-0.2, 0) is 0 Å². The fourth-order valence-corrected chi connectivity index (χ4v) is 1.52. The van der Waals surface area contributed by atoms with Crippen molar-refractivity contribution in [2.24, 2.45) is 0 Å². The van der Waals surface area contributed by atoms with Crippen molar-refractivity contribution in [3.63, 3.8) is 0 Å². The monoisotopic (exact) mass is 250 g/mol. The molecule has 0 fully saturated rings. The summed E-state index contributed by atoms with van der Waals surface area (Å²) in [6.07, 6.45) is 3.71. The van der Waals surface area contributed by atoms with Crippen molar-refractivity contribution in [3.05, 3.63) is 41.0 Å². The predicted molar refractivity (Wildman–Crippen MR) is 72.2 cm³/mol. The van der Waals surface area contributed by atoms with Crippen molar-refractivity contribution in [1.29, 1.82) is 0 Å². The van der Waals surface area contributed by atoms with Gasteiger partial charge in [-0.2, -0.15) is 0 Å². The fourth-order valence-electron chi connectivity index (χ4n) is 1.52. The van der Waals surface area contributed by atoms with E-state index in [1.165, 1.54) is 12.1 Å². The minimum absolute atomic E-state index is 0.0344. The van der Waals surface area contributed by atoms with Gasteiger partial charge in [0.25, 0.3) is 5.69 Å². The van der Waals surface area contributed by atoms with Crippen molar-refractivity contribution in [2.75, 3.05) is 18.5 Å². The highest BCUT2D eigenvalue weighted by molar-refractivity contribution is 5.56. The summed E-state index contributed by atoms with van der Waals surface area (Å²) < 4.78 is 5.30. The van der Waals surface area contributed by atoms with Crippen LogP contribution < -0.4 is 10.1 Å². The molecule has 5 heteroatoms. The van der Waals surface area contributed by atoms with Crippen molar-refractivity contribution >= 4 is 11.4 Å². The number of unbranched alkanes of at least 4 members (excludes halogenated alkanes) is 1. The van der Waals surface area contributed by atoms with Crippen LogP contribution >= 0.6 is 0 Å². The van der Waals surface area contributed by atoms with Gasteiger partial charge in [-0.3, -0.25) is 10.1 Å². The lowest BCUT2D eigenvalue weighted by atomic mass is 10.2. The third-order valence-electron chi connectivity index (χ3n) is 2.33. The van der Waals surface area contributed by atoms with Crippen LogP contribution in [0.5, 0.6) is 5.75 Å². The maximum atomic E-state index is 10.8. The molecular weight excluding hydrogens is 232 g/mol. The zero-order valence-corrected chi connectivity index (χ0v) is 10.5. The Labute approximate surface area is 107 Å². The number of nitrogens with one attached hydrogen (secondary N) is 1. The normalized spacial score (nSPS) is 9.83. The summed E-state index contributed by atoms with van der Waals surface area (Å²) in [5.41, 5.74) is 0.740. The Morgan fingerprint density at radius 3 is 2.89 bits per heavy atom. The first kappa shape index (κ1) is 14.0. The third-order valence-corrected chi connectivity index (χ3v) is 2.33. The van der Waals surface area contributed by atoms with Crippen LogP contribution in [0.25, 0.3) is 0 Å². The number of non-ortho nitro benzene ring substituents is 1. The number of ether oxygens (including phenoxy) is 1. The lowest BCUT2D eigenvalue weighted by Crippen LogP contribution is -2.02. The number of hydrogen-bond acceptors (Lipinski definition) is 4. The molecule has 0 aliphatic heterocycles. The van der Waals surface area contributed by atoms with E-state index in [0.717, 1.165) is 19.4 Å². The molecular formula is C13H18N2O3. The Hall–Kier alpha value is -2.04. The average molecular weight is 250 g/mol. The van der Waals surface area contributed by atoms with Crippen LogP contribution in [0.4, 0.5) is 11.4 Å². The molecule has 0 aliphatic carbocycles. The lowest BCUT2D eigenvalue weighted by molar-refractivity contribution is -0.384. The topological polar surface area (TPSA) is 64.4 Å². The fraction of sp³-hybridized carbons (Fsp3) is 0.385. The van der Waals surface area contributed by atoms with Gasteiger partial charge in [0.2, 0.25) is 0 Å². The predicted octanol–water partition coefficient (Wildman–Crippen LogP) is 3.37. The first-order valence-electron chi connectivity index (χ1n) is 5.94. The Morgan fingerprint density at radius 2 is 2.28 bits per heavy atom. The van der Waals surface area contributed by atoms with E-state index < -0.39 is 4.92 Å². The highest BCUT2D eigenvalue weighted by atomic mass is 16.6. The standard InChI is InChI=1S/C13H18N2O3/c1-3-5-6-7-14-11-8-12(15(16)17)10-13(9-11)18-4-2/h3,8-10,14H,1,4-7H2,2H3. The highest BCUT2D eigenvalue weighted by Crippen LogP contribution is 2.26. The Bertz CT molecular complexity index is 419. The molecule has 0 bridgehead atoms. The minimum atomic E-state index is -0.419. The van der Waals surface area contributed by atoms with E-state index in [9.17, 15) is 10.1 Å². The molecule has 0 aliphatic rings. The van der Waals surface area contributed by atoms with Gasteiger partial charge in [0.1, 0.15) is 5.75 Å². The van der Waals surface area contributed by atoms with Gasteiger partial charge in [0.05, 0.1) is 17.6 Å². The summed E-state index contributed by atoms with van der Waals surface area (Å²) >= 11 is 0. The van der Waals surface area contributed by atoms with Crippen LogP contribution in [0.1, 0.15) is 19.8 Å². The second-order valence-electron chi connectivity index (χ2n) is 3.76. The summed E-state index contributed by atoms with van der Waals surface area (Å²) in [5, 5.41) is 13.9. The molecule has 0 saturated heterocycles. The van der Waals surface area contributed by atoms with E-state index in [4.69, 9.17) is 4.74 Å². The summed E-state index contributed by atoms with van der Waals surface area (Å²) in [5.74, 6) is 0.512. The molecule has 98 valence electrons. The quantitative estimate of drug-likeness (QED) is 0.332. The SMILES string of the molecule is C=CCCCNc1cc(OCC)cc([N+](=O)[O-])c1. The van der Waals surface area contributed by atoms with Gasteiger partial charge >= 0.3 is 0 Å². The number of benzene rings is 1.